The molecule has 0 radical (unpaired) electrons. The van der Waals surface area contributed by atoms with Crippen LogP contribution in [0.1, 0.15) is 42.0 Å². The largest absolute Gasteiger partial charge is 0.435 e. The standard InChI is InChI=1S/C20H18ClF3N6O3/c1-3-10(2)28-8-12-17(19(28)33)29(9-15(31)26-14-5-4-11(21)7-25-14)16-6-13(20(22,23)24)27-30(16)18(12)32/h4-7,10H,3,8-9H2,1-2H3,(H,25,26,31)/t10-/m0/s1. The first-order chi connectivity index (χ1) is 15.5. The highest BCUT2D eigenvalue weighted by Gasteiger charge is 2.39. The van der Waals surface area contributed by atoms with Gasteiger partial charge in [-0.3, -0.25) is 14.4 Å². The minimum atomic E-state index is -4.82. The molecule has 1 N–H and O–H groups in total. The van der Waals surface area contributed by atoms with E-state index in [1.165, 1.54) is 23.2 Å². The number of fused-ring (bicyclic) bond motifs is 2. The third-order valence-corrected chi connectivity index (χ3v) is 5.70. The molecule has 1 aliphatic rings. The van der Waals surface area contributed by atoms with Gasteiger partial charge in [0, 0.05) is 18.3 Å². The van der Waals surface area contributed by atoms with Gasteiger partial charge in [-0.05, 0) is 25.5 Å². The number of alkyl halides is 3. The number of anilines is 1. The van der Waals surface area contributed by atoms with Crippen molar-refractivity contribution in [2.45, 2.75) is 45.6 Å². The molecule has 0 aliphatic carbocycles. The van der Waals surface area contributed by atoms with E-state index in [0.29, 0.717) is 22.0 Å². The van der Waals surface area contributed by atoms with E-state index in [2.05, 4.69) is 15.4 Å². The van der Waals surface area contributed by atoms with Gasteiger partial charge in [-0.25, -0.2) is 4.98 Å². The lowest BCUT2D eigenvalue weighted by Gasteiger charge is -2.22. The van der Waals surface area contributed by atoms with Crippen molar-refractivity contribution in [1.29, 1.82) is 0 Å². The molecule has 0 saturated carbocycles. The molecule has 4 rings (SSSR count). The number of hydrogen-bond donors (Lipinski definition) is 1. The lowest BCUT2D eigenvalue weighted by Crippen LogP contribution is -2.34. The quantitative estimate of drug-likeness (QED) is 0.602. The molecule has 0 fully saturated rings. The van der Waals surface area contributed by atoms with Gasteiger partial charge in [0.1, 0.15) is 23.7 Å². The maximum atomic E-state index is 13.3. The Morgan fingerprint density at radius 2 is 2.03 bits per heavy atom. The molecule has 0 aromatic carbocycles. The van der Waals surface area contributed by atoms with Crippen LogP contribution in [-0.2, 0) is 24.1 Å². The van der Waals surface area contributed by atoms with Crippen molar-refractivity contribution in [3.8, 4) is 0 Å². The number of amides is 2. The number of nitrogens with zero attached hydrogens (tertiary/aromatic N) is 5. The Kier molecular flexibility index (Phi) is 5.64. The van der Waals surface area contributed by atoms with E-state index < -0.39 is 35.8 Å². The van der Waals surface area contributed by atoms with Gasteiger partial charge in [-0.15, -0.1) is 0 Å². The number of carbonyl (C=O) groups is 2. The molecule has 174 valence electrons. The van der Waals surface area contributed by atoms with Gasteiger partial charge in [0.25, 0.3) is 11.5 Å². The Labute approximate surface area is 189 Å². The molecule has 1 aliphatic heterocycles. The van der Waals surface area contributed by atoms with Crippen molar-refractivity contribution < 1.29 is 22.8 Å². The van der Waals surface area contributed by atoms with Gasteiger partial charge in [0.05, 0.1) is 17.1 Å². The van der Waals surface area contributed by atoms with E-state index in [4.69, 9.17) is 11.6 Å². The topological polar surface area (TPSA) is 102 Å². The van der Waals surface area contributed by atoms with Crippen LogP contribution in [0.15, 0.2) is 29.2 Å². The number of pyridine rings is 1. The number of aromatic nitrogens is 4. The van der Waals surface area contributed by atoms with E-state index >= 15 is 0 Å². The van der Waals surface area contributed by atoms with Crippen LogP contribution in [-0.4, -0.2) is 41.9 Å². The minimum Gasteiger partial charge on any atom is -0.330 e. The third-order valence-electron chi connectivity index (χ3n) is 5.48. The first kappa shape index (κ1) is 22.8. The normalized spacial score (nSPS) is 14.6. The number of rotatable bonds is 5. The molecule has 13 heteroatoms. The molecule has 3 aromatic rings. The molecule has 1 atom stereocenters. The first-order valence-corrected chi connectivity index (χ1v) is 10.3. The monoisotopic (exact) mass is 482 g/mol. The van der Waals surface area contributed by atoms with Gasteiger partial charge in [0.15, 0.2) is 5.69 Å². The number of nitrogens with one attached hydrogen (secondary N) is 1. The lowest BCUT2D eigenvalue weighted by molar-refractivity contribution is -0.141. The zero-order chi connectivity index (χ0) is 24.1. The molecule has 0 unspecified atom stereocenters. The van der Waals surface area contributed by atoms with Crippen molar-refractivity contribution in [3.63, 3.8) is 0 Å². The molecule has 0 spiro atoms. The average molecular weight is 483 g/mol. The smallest absolute Gasteiger partial charge is 0.330 e. The second-order valence-electron chi connectivity index (χ2n) is 7.62. The van der Waals surface area contributed by atoms with E-state index in [1.54, 1.807) is 6.92 Å². The zero-order valence-electron chi connectivity index (χ0n) is 17.5. The Morgan fingerprint density at radius 1 is 1.30 bits per heavy atom. The van der Waals surface area contributed by atoms with Crippen LogP contribution in [0.4, 0.5) is 19.0 Å². The van der Waals surface area contributed by atoms with Gasteiger partial charge in [0.2, 0.25) is 5.91 Å². The van der Waals surface area contributed by atoms with Gasteiger partial charge >= 0.3 is 6.18 Å². The van der Waals surface area contributed by atoms with E-state index in [0.717, 1.165) is 4.57 Å². The van der Waals surface area contributed by atoms with Gasteiger partial charge < -0.3 is 14.8 Å². The predicted molar refractivity (Wildman–Crippen MR) is 112 cm³/mol. The second-order valence-corrected chi connectivity index (χ2v) is 8.05. The summed E-state index contributed by atoms with van der Waals surface area (Å²) in [5.41, 5.74) is -2.58. The van der Waals surface area contributed by atoms with Crippen molar-refractivity contribution >= 4 is 34.9 Å². The molecule has 4 heterocycles. The first-order valence-electron chi connectivity index (χ1n) is 9.96. The Morgan fingerprint density at radius 3 is 2.64 bits per heavy atom. The highest BCUT2D eigenvalue weighted by Crippen LogP contribution is 2.30. The summed E-state index contributed by atoms with van der Waals surface area (Å²) in [6.07, 6.45) is -2.90. The van der Waals surface area contributed by atoms with Gasteiger partial charge in [-0.1, -0.05) is 18.5 Å². The van der Waals surface area contributed by atoms with Crippen LogP contribution in [0, 0.1) is 0 Å². The van der Waals surface area contributed by atoms with Crippen molar-refractivity contribution in [2.75, 3.05) is 5.32 Å². The summed E-state index contributed by atoms with van der Waals surface area (Å²) in [5, 5.41) is 6.26. The number of carbonyl (C=O) groups excluding carboxylic acids is 2. The maximum Gasteiger partial charge on any atom is 0.435 e. The fourth-order valence-corrected chi connectivity index (χ4v) is 3.75. The lowest BCUT2D eigenvalue weighted by atomic mass is 10.2. The van der Waals surface area contributed by atoms with E-state index in [9.17, 15) is 27.6 Å². The number of halogens is 4. The molecular weight excluding hydrogens is 465 g/mol. The Bertz CT molecular complexity index is 1320. The summed E-state index contributed by atoms with van der Waals surface area (Å²) < 4.78 is 41.6. The van der Waals surface area contributed by atoms with E-state index in [-0.39, 0.29) is 35.3 Å². The Balaban J connectivity index is 1.83. The van der Waals surface area contributed by atoms with Crippen LogP contribution in [0.2, 0.25) is 5.02 Å². The summed E-state index contributed by atoms with van der Waals surface area (Å²) in [6.45, 7) is 3.03. The summed E-state index contributed by atoms with van der Waals surface area (Å²) in [7, 11) is 0. The summed E-state index contributed by atoms with van der Waals surface area (Å²) >= 11 is 5.78. The third kappa shape index (κ3) is 4.06. The molecule has 9 nitrogen and oxygen atoms in total. The maximum absolute atomic E-state index is 13.3. The summed E-state index contributed by atoms with van der Waals surface area (Å²) in [5.74, 6) is -1.04. The SMILES string of the molecule is CC[C@H](C)N1Cc2c(n(CC(=O)Nc3ccc(Cl)cn3)c3cc(C(F)(F)F)nn3c2=O)C1=O. The van der Waals surface area contributed by atoms with Crippen LogP contribution >= 0.6 is 11.6 Å². The van der Waals surface area contributed by atoms with Crippen LogP contribution in [0.25, 0.3) is 5.65 Å². The van der Waals surface area contributed by atoms with Crippen molar-refractivity contribution in [3.05, 3.63) is 56.7 Å². The summed E-state index contributed by atoms with van der Waals surface area (Å²) in [6, 6.07) is 3.37. The van der Waals surface area contributed by atoms with Crippen LogP contribution in [0.3, 0.4) is 0 Å². The number of hydrogen-bond acceptors (Lipinski definition) is 5. The molecule has 3 aromatic heterocycles. The fraction of sp³-hybridized carbons (Fsp3) is 0.350. The molecule has 2 amide bonds. The predicted octanol–water partition coefficient (Wildman–Crippen LogP) is 2.96. The zero-order valence-corrected chi connectivity index (χ0v) is 18.2. The minimum absolute atomic E-state index is 0.0120. The van der Waals surface area contributed by atoms with Crippen molar-refractivity contribution in [2.24, 2.45) is 0 Å². The van der Waals surface area contributed by atoms with Crippen LogP contribution in [0.5, 0.6) is 0 Å². The molecular formula is C20H18ClF3N6O3. The fourth-order valence-electron chi connectivity index (χ4n) is 3.64. The van der Waals surface area contributed by atoms with Crippen LogP contribution < -0.4 is 10.9 Å². The molecule has 33 heavy (non-hydrogen) atoms. The molecule has 0 saturated heterocycles. The summed E-state index contributed by atoms with van der Waals surface area (Å²) in [4.78, 5) is 44.2. The highest BCUT2D eigenvalue weighted by atomic mass is 35.5. The van der Waals surface area contributed by atoms with Gasteiger partial charge in [-0.2, -0.15) is 22.8 Å². The highest BCUT2D eigenvalue weighted by molar-refractivity contribution is 6.30. The average Bonchev–Trinajstić information content (AvgIpc) is 3.35. The van der Waals surface area contributed by atoms with E-state index in [1.807, 2.05) is 6.92 Å². The van der Waals surface area contributed by atoms with Crippen molar-refractivity contribution in [1.82, 2.24) is 24.1 Å². The second kappa shape index (κ2) is 8.18. The Hall–Kier alpha value is -3.41. The molecule has 0 bridgehead atoms.